The lowest BCUT2D eigenvalue weighted by Crippen LogP contribution is -2.30. The van der Waals surface area contributed by atoms with Crippen LogP contribution in [-0.2, 0) is 4.74 Å². The monoisotopic (exact) mass is 273 g/mol. The van der Waals surface area contributed by atoms with Crippen molar-refractivity contribution >= 4 is 15.9 Å². The average Bonchev–Trinajstić information content (AvgIpc) is 2.30. The highest BCUT2D eigenvalue weighted by atomic mass is 79.9. The van der Waals surface area contributed by atoms with E-state index in [1.807, 2.05) is 13.8 Å². The van der Waals surface area contributed by atoms with Crippen molar-refractivity contribution in [1.29, 1.82) is 0 Å². The van der Waals surface area contributed by atoms with Crippen LogP contribution in [0.25, 0.3) is 0 Å². The second-order valence-electron chi connectivity index (χ2n) is 2.89. The van der Waals surface area contributed by atoms with Crippen LogP contribution in [0, 0.1) is 0 Å². The van der Waals surface area contributed by atoms with Crippen LogP contribution < -0.4 is 5.73 Å². The molecule has 86 valence electrons. The molecule has 0 spiro atoms. The minimum Gasteiger partial charge on any atom is -0.372 e. The van der Waals surface area contributed by atoms with Crippen molar-refractivity contribution in [2.45, 2.75) is 26.4 Å². The van der Waals surface area contributed by atoms with Gasteiger partial charge in [0.15, 0.2) is 0 Å². The van der Waals surface area contributed by atoms with Crippen LogP contribution in [0.1, 0.15) is 20.3 Å². The van der Waals surface area contributed by atoms with Gasteiger partial charge in [0, 0.05) is 11.0 Å². The van der Waals surface area contributed by atoms with E-state index in [1.165, 1.54) is 5.57 Å². The lowest BCUT2D eigenvalue weighted by atomic mass is 9.98. The predicted molar refractivity (Wildman–Crippen MR) is 70.0 cm³/mol. The normalized spacial score (nSPS) is 20.4. The Morgan fingerprint density at radius 3 is 2.67 bits per heavy atom. The number of rotatable bonds is 3. The minimum absolute atomic E-state index is 0.0180. The van der Waals surface area contributed by atoms with E-state index < -0.39 is 0 Å². The molecule has 0 saturated heterocycles. The molecular weight excluding hydrogens is 254 g/mol. The van der Waals surface area contributed by atoms with Gasteiger partial charge in [0.2, 0.25) is 0 Å². The zero-order chi connectivity index (χ0) is 11.8. The van der Waals surface area contributed by atoms with Crippen molar-refractivity contribution in [1.82, 2.24) is 0 Å². The van der Waals surface area contributed by atoms with Crippen molar-refractivity contribution in [3.8, 4) is 0 Å². The molecule has 2 nitrogen and oxygen atoms in total. The van der Waals surface area contributed by atoms with Crippen LogP contribution in [0.15, 0.2) is 34.9 Å². The first-order chi connectivity index (χ1) is 7.20. The number of hydrogen-bond acceptors (Lipinski definition) is 2. The lowest BCUT2D eigenvalue weighted by molar-refractivity contribution is 0.0768. The van der Waals surface area contributed by atoms with Crippen molar-refractivity contribution in [3.63, 3.8) is 0 Å². The summed E-state index contributed by atoms with van der Waals surface area (Å²) in [6.45, 7) is 12.8. The summed E-state index contributed by atoms with van der Waals surface area (Å²) in [6, 6.07) is 0. The van der Waals surface area contributed by atoms with E-state index in [4.69, 9.17) is 10.5 Å². The third-order valence-corrected chi connectivity index (χ3v) is 2.61. The summed E-state index contributed by atoms with van der Waals surface area (Å²) in [5.41, 5.74) is 7.82. The summed E-state index contributed by atoms with van der Waals surface area (Å²) < 4.78 is 6.40. The van der Waals surface area contributed by atoms with Gasteiger partial charge in [0.1, 0.15) is 0 Å². The summed E-state index contributed by atoms with van der Waals surface area (Å²) in [7, 11) is 0. The summed E-state index contributed by atoms with van der Waals surface area (Å²) >= 11 is 3.38. The number of halogens is 1. The molecule has 0 radical (unpaired) electrons. The van der Waals surface area contributed by atoms with Crippen molar-refractivity contribution in [2.24, 2.45) is 5.73 Å². The number of hydrogen-bond donors (Lipinski definition) is 1. The van der Waals surface area contributed by atoms with Crippen LogP contribution >= 0.6 is 15.9 Å². The Kier molecular flexibility index (Phi) is 7.65. The highest BCUT2D eigenvalue weighted by molar-refractivity contribution is 9.11. The Balaban J connectivity index is 0.000000921. The molecule has 2 N–H and O–H groups in total. The zero-order valence-electron chi connectivity index (χ0n) is 9.55. The minimum atomic E-state index is -0.0180. The fourth-order valence-corrected chi connectivity index (χ4v) is 1.90. The number of nitrogens with two attached hydrogens (primary N) is 1. The lowest BCUT2D eigenvalue weighted by Gasteiger charge is -2.26. The SMILES string of the molecule is C=CC1=C(C(=C)Br)CCOC1CN.CC. The second kappa shape index (κ2) is 7.85. The second-order valence-corrected chi connectivity index (χ2v) is 3.85. The molecule has 0 fully saturated rings. The maximum Gasteiger partial charge on any atom is 0.0950 e. The van der Waals surface area contributed by atoms with Gasteiger partial charge in [0.05, 0.1) is 12.7 Å². The first-order valence-electron chi connectivity index (χ1n) is 5.22. The molecule has 0 aliphatic carbocycles. The Hall–Kier alpha value is -0.380. The quantitative estimate of drug-likeness (QED) is 0.858. The Morgan fingerprint density at radius 2 is 2.27 bits per heavy atom. The van der Waals surface area contributed by atoms with Crippen molar-refractivity contribution < 1.29 is 4.74 Å². The first-order valence-corrected chi connectivity index (χ1v) is 6.02. The molecule has 0 aromatic rings. The van der Waals surface area contributed by atoms with Crippen LogP contribution in [0.3, 0.4) is 0 Å². The summed E-state index contributed by atoms with van der Waals surface area (Å²) in [4.78, 5) is 0. The van der Waals surface area contributed by atoms with E-state index in [-0.39, 0.29) is 6.10 Å². The molecule has 1 aliphatic rings. The molecule has 0 bridgehead atoms. The molecule has 1 atom stereocenters. The van der Waals surface area contributed by atoms with Gasteiger partial charge in [0.25, 0.3) is 0 Å². The largest absolute Gasteiger partial charge is 0.372 e. The first kappa shape index (κ1) is 14.6. The van der Waals surface area contributed by atoms with Gasteiger partial charge in [-0.25, -0.2) is 0 Å². The van der Waals surface area contributed by atoms with Gasteiger partial charge in [-0.15, -0.1) is 0 Å². The molecule has 1 heterocycles. The van der Waals surface area contributed by atoms with E-state index in [9.17, 15) is 0 Å². The number of allylic oxidation sites excluding steroid dienone is 1. The predicted octanol–water partition coefficient (Wildman–Crippen LogP) is 3.15. The van der Waals surface area contributed by atoms with E-state index in [1.54, 1.807) is 6.08 Å². The van der Waals surface area contributed by atoms with Crippen LogP contribution in [-0.4, -0.2) is 19.3 Å². The fraction of sp³-hybridized carbons (Fsp3) is 0.500. The summed E-state index contributed by atoms with van der Waals surface area (Å²) in [5.74, 6) is 0. The molecule has 3 heteroatoms. The molecule has 15 heavy (non-hydrogen) atoms. The van der Waals surface area contributed by atoms with Gasteiger partial charge in [-0.1, -0.05) is 49.0 Å². The van der Waals surface area contributed by atoms with Crippen LogP contribution in [0.2, 0.25) is 0 Å². The van der Waals surface area contributed by atoms with E-state index in [0.29, 0.717) is 13.2 Å². The summed E-state index contributed by atoms with van der Waals surface area (Å²) in [5, 5.41) is 0. The Labute approximate surface area is 101 Å². The third kappa shape index (κ3) is 3.93. The van der Waals surface area contributed by atoms with E-state index >= 15 is 0 Å². The highest BCUT2D eigenvalue weighted by Crippen LogP contribution is 2.29. The van der Waals surface area contributed by atoms with Gasteiger partial charge >= 0.3 is 0 Å². The van der Waals surface area contributed by atoms with Gasteiger partial charge in [-0.05, 0) is 17.6 Å². The smallest absolute Gasteiger partial charge is 0.0950 e. The summed E-state index contributed by atoms with van der Waals surface area (Å²) in [6.07, 6.45) is 2.66. The van der Waals surface area contributed by atoms with E-state index in [0.717, 1.165) is 16.5 Å². The number of ether oxygens (including phenoxy) is 1. The third-order valence-electron chi connectivity index (χ3n) is 2.13. The standard InChI is InChI=1S/C10H14BrNO.C2H6/c1-3-8-9(7(2)11)4-5-13-10(8)6-12;1-2/h3,10H,1-2,4-6,12H2;1-2H3. The molecule has 1 aliphatic heterocycles. The molecule has 1 rings (SSSR count). The molecule has 1 unspecified atom stereocenters. The Morgan fingerprint density at radius 1 is 1.67 bits per heavy atom. The molecule has 0 amide bonds. The van der Waals surface area contributed by atoms with Crippen molar-refractivity contribution in [3.05, 3.63) is 34.9 Å². The fourth-order valence-electron chi connectivity index (χ4n) is 1.47. The maximum atomic E-state index is 5.58. The molecule has 0 aromatic carbocycles. The van der Waals surface area contributed by atoms with Gasteiger partial charge < -0.3 is 10.5 Å². The molecule has 0 saturated carbocycles. The topological polar surface area (TPSA) is 35.2 Å². The zero-order valence-corrected chi connectivity index (χ0v) is 11.1. The van der Waals surface area contributed by atoms with Crippen LogP contribution in [0.4, 0.5) is 0 Å². The average molecular weight is 274 g/mol. The molecular formula is C12H20BrNO. The van der Waals surface area contributed by atoms with E-state index in [2.05, 4.69) is 29.1 Å². The van der Waals surface area contributed by atoms with Crippen LogP contribution in [0.5, 0.6) is 0 Å². The Bertz CT molecular complexity index is 258. The van der Waals surface area contributed by atoms with Crippen molar-refractivity contribution in [2.75, 3.05) is 13.2 Å². The highest BCUT2D eigenvalue weighted by Gasteiger charge is 2.20. The van der Waals surface area contributed by atoms with Gasteiger partial charge in [-0.3, -0.25) is 0 Å². The maximum absolute atomic E-state index is 5.58. The molecule has 0 aromatic heterocycles. The van der Waals surface area contributed by atoms with Gasteiger partial charge in [-0.2, -0.15) is 0 Å².